The molecule has 0 aromatic heterocycles. The summed E-state index contributed by atoms with van der Waals surface area (Å²) in [6.07, 6.45) is 6.42. The molecule has 5 rings (SSSR count). The summed E-state index contributed by atoms with van der Waals surface area (Å²) in [7, 11) is 0. The minimum atomic E-state index is -1.43. The number of nitrogens with zero attached hydrogens (tertiary/aromatic N) is 2. The van der Waals surface area contributed by atoms with E-state index in [9.17, 15) is 24.3 Å². The summed E-state index contributed by atoms with van der Waals surface area (Å²) in [5.74, 6) is -3.59. The summed E-state index contributed by atoms with van der Waals surface area (Å²) in [6.45, 7) is 4.16. The van der Waals surface area contributed by atoms with Crippen LogP contribution in [0.1, 0.15) is 51.1 Å². The van der Waals surface area contributed by atoms with E-state index < -0.39 is 60.2 Å². The van der Waals surface area contributed by atoms with Gasteiger partial charge in [0.1, 0.15) is 29.8 Å². The van der Waals surface area contributed by atoms with Crippen molar-refractivity contribution < 1.29 is 33.8 Å². The Morgan fingerprint density at radius 3 is 2.62 bits per heavy atom. The van der Waals surface area contributed by atoms with E-state index in [0.29, 0.717) is 23.0 Å². The van der Waals surface area contributed by atoms with Crippen molar-refractivity contribution >= 4 is 39.6 Å². The predicted octanol–water partition coefficient (Wildman–Crippen LogP) is 2.62. The molecule has 0 aliphatic carbocycles. The zero-order valence-electron chi connectivity index (χ0n) is 23.9. The number of rotatable bonds is 6. The fraction of sp³-hybridized carbons (Fsp3) is 0.548. The third-order valence-electron chi connectivity index (χ3n) is 8.59. The van der Waals surface area contributed by atoms with Crippen LogP contribution in [-0.4, -0.2) is 88.7 Å². The number of aliphatic hydroxyl groups is 1. The third kappa shape index (κ3) is 5.42. The molecular formula is C31H38BrN3O7. The number of unbranched alkanes of at least 4 members (excludes halogenated alkanes) is 1. The third-order valence-corrected chi connectivity index (χ3v) is 9.27. The summed E-state index contributed by atoms with van der Waals surface area (Å²) in [4.78, 5) is 58.3. The van der Waals surface area contributed by atoms with Crippen LogP contribution in [0.25, 0.3) is 0 Å². The minimum absolute atomic E-state index is 0.131. The van der Waals surface area contributed by atoms with E-state index in [2.05, 4.69) is 21.2 Å². The first-order valence-corrected chi connectivity index (χ1v) is 15.5. The van der Waals surface area contributed by atoms with Gasteiger partial charge in [-0.1, -0.05) is 71.8 Å². The lowest BCUT2D eigenvalue weighted by Crippen LogP contribution is -2.57. The number of cyclic esters (lactones) is 1. The number of nitrogens with one attached hydrogen (secondary N) is 1. The van der Waals surface area contributed by atoms with Crippen molar-refractivity contribution in [1.82, 2.24) is 15.1 Å². The maximum atomic E-state index is 14.6. The molecule has 5 bridgehead atoms. The zero-order chi connectivity index (χ0) is 30.0. The van der Waals surface area contributed by atoms with Crippen LogP contribution in [0.3, 0.4) is 0 Å². The molecule has 1 aromatic rings. The second-order valence-corrected chi connectivity index (χ2v) is 12.3. The molecule has 4 aliphatic heterocycles. The number of benzene rings is 1. The Balaban J connectivity index is 1.63. The molecule has 226 valence electrons. The number of amides is 3. The van der Waals surface area contributed by atoms with Crippen molar-refractivity contribution in [2.75, 3.05) is 26.2 Å². The minimum Gasteiger partial charge on any atom is -0.460 e. The van der Waals surface area contributed by atoms with Crippen molar-refractivity contribution in [3.05, 3.63) is 58.6 Å². The highest BCUT2D eigenvalue weighted by atomic mass is 79.9. The molecule has 2 fully saturated rings. The Hall–Kier alpha value is -3.02. The van der Waals surface area contributed by atoms with Gasteiger partial charge in [-0.15, -0.1) is 0 Å². The summed E-state index contributed by atoms with van der Waals surface area (Å²) in [5, 5.41) is 13.4. The van der Waals surface area contributed by atoms with Crippen molar-refractivity contribution in [2.24, 2.45) is 11.8 Å². The van der Waals surface area contributed by atoms with Gasteiger partial charge >= 0.3 is 5.97 Å². The van der Waals surface area contributed by atoms with Crippen LogP contribution >= 0.6 is 15.9 Å². The molecule has 0 unspecified atom stereocenters. The number of carbonyl (C=O) groups excluding carboxylic acids is 4. The van der Waals surface area contributed by atoms with Gasteiger partial charge in [0.15, 0.2) is 0 Å². The zero-order valence-corrected chi connectivity index (χ0v) is 25.5. The summed E-state index contributed by atoms with van der Waals surface area (Å²) in [6, 6.07) is 7.14. The second-order valence-electron chi connectivity index (χ2n) is 11.4. The number of carbonyl (C=O) groups is 4. The maximum Gasteiger partial charge on any atom is 0.313 e. The number of hydrogen-bond donors (Lipinski definition) is 2. The monoisotopic (exact) mass is 643 g/mol. The molecule has 4 aliphatic rings. The average Bonchev–Trinajstić information content (AvgIpc) is 3.57. The van der Waals surface area contributed by atoms with E-state index >= 15 is 0 Å². The van der Waals surface area contributed by atoms with Crippen molar-refractivity contribution in [1.29, 1.82) is 0 Å². The van der Waals surface area contributed by atoms with E-state index in [1.807, 2.05) is 49.4 Å². The number of esters is 1. The highest BCUT2D eigenvalue weighted by Crippen LogP contribution is 2.60. The molecule has 10 nitrogen and oxygen atoms in total. The van der Waals surface area contributed by atoms with Gasteiger partial charge in [-0.3, -0.25) is 19.2 Å². The molecule has 42 heavy (non-hydrogen) atoms. The Morgan fingerprint density at radius 2 is 1.90 bits per heavy atom. The Kier molecular flexibility index (Phi) is 9.20. The lowest BCUT2D eigenvalue weighted by molar-refractivity contribution is -0.159. The molecular weight excluding hydrogens is 606 g/mol. The molecule has 11 heteroatoms. The Morgan fingerprint density at radius 1 is 1.14 bits per heavy atom. The first kappa shape index (κ1) is 30.4. The molecule has 1 spiro atoms. The fourth-order valence-electron chi connectivity index (χ4n) is 6.58. The standard InChI is InChI=1S/C31H38BrN3O7/c1-3-4-14-34-15-10-6-9-13-23(37)33-17-19(2)41-30(40)24-25-28(38)35(22(18-36)20-11-7-5-8-12-20)27(29(34)39)31(25)16-21(32)26(24)42-31/h5-8,10-12,16,19,22,24-27,36H,3-4,9,13-15,17-18H2,1-2H3,(H,33,37)/b10-6-/t19-,22+,24+,25-,26+,27+,31-/m0/s1. The van der Waals surface area contributed by atoms with Crippen molar-refractivity contribution in [3.63, 3.8) is 0 Å². The molecule has 0 radical (unpaired) electrons. The summed E-state index contributed by atoms with van der Waals surface area (Å²) < 4.78 is 12.8. The van der Waals surface area contributed by atoms with Crippen LogP contribution in [-0.2, 0) is 28.7 Å². The van der Waals surface area contributed by atoms with E-state index in [1.54, 1.807) is 17.9 Å². The first-order valence-electron chi connectivity index (χ1n) is 14.7. The van der Waals surface area contributed by atoms with Crippen LogP contribution < -0.4 is 5.32 Å². The number of fused-ring (bicyclic) bond motifs is 2. The molecule has 4 heterocycles. The van der Waals surface area contributed by atoms with Gasteiger partial charge in [0.25, 0.3) is 0 Å². The molecule has 0 saturated carbocycles. The predicted molar refractivity (Wildman–Crippen MR) is 157 cm³/mol. The maximum absolute atomic E-state index is 14.6. The van der Waals surface area contributed by atoms with Crippen LogP contribution in [0.5, 0.6) is 0 Å². The molecule has 2 saturated heterocycles. The SMILES string of the molecule is CCCCN1C/C=C\CCC(=O)NC[C@H](C)OC(=O)[C@H]2[C@@H]3O[C@@]4(C=C3Br)[C@@H]2C(=O)N([C@H](CO)c2ccccc2)[C@@H]4C1=O. The largest absolute Gasteiger partial charge is 0.460 e. The van der Waals surface area contributed by atoms with E-state index in [1.165, 1.54) is 4.90 Å². The van der Waals surface area contributed by atoms with E-state index in [4.69, 9.17) is 9.47 Å². The lowest BCUT2D eigenvalue weighted by atomic mass is 9.74. The van der Waals surface area contributed by atoms with Gasteiger partial charge in [0.2, 0.25) is 17.7 Å². The van der Waals surface area contributed by atoms with Crippen LogP contribution in [0.4, 0.5) is 0 Å². The highest BCUT2D eigenvalue weighted by molar-refractivity contribution is 9.11. The molecule has 2 N–H and O–H groups in total. The van der Waals surface area contributed by atoms with Crippen LogP contribution in [0.15, 0.2) is 53.0 Å². The summed E-state index contributed by atoms with van der Waals surface area (Å²) in [5.41, 5.74) is -0.755. The van der Waals surface area contributed by atoms with E-state index in [-0.39, 0.29) is 31.3 Å². The smallest absolute Gasteiger partial charge is 0.313 e. The molecule has 1 aromatic carbocycles. The number of allylic oxidation sites excluding steroid dienone is 1. The Bertz CT molecular complexity index is 1270. The van der Waals surface area contributed by atoms with Gasteiger partial charge in [0.05, 0.1) is 25.1 Å². The summed E-state index contributed by atoms with van der Waals surface area (Å²) >= 11 is 3.55. The van der Waals surface area contributed by atoms with Gasteiger partial charge in [0, 0.05) is 24.0 Å². The van der Waals surface area contributed by atoms with Crippen LogP contribution in [0, 0.1) is 11.8 Å². The quantitative estimate of drug-likeness (QED) is 0.361. The number of hydrogen-bond acceptors (Lipinski definition) is 7. The fourth-order valence-corrected chi connectivity index (χ4v) is 7.32. The van der Waals surface area contributed by atoms with E-state index in [0.717, 1.165) is 12.8 Å². The van der Waals surface area contributed by atoms with Gasteiger partial charge in [-0.25, -0.2) is 0 Å². The normalized spacial score (nSPS) is 33.2. The highest BCUT2D eigenvalue weighted by Gasteiger charge is 2.75. The molecule has 3 amide bonds. The Labute approximate surface area is 254 Å². The topological polar surface area (TPSA) is 125 Å². The number of halogens is 1. The van der Waals surface area contributed by atoms with Gasteiger partial charge in [-0.05, 0) is 31.4 Å². The number of aliphatic hydroxyl groups excluding tert-OH is 1. The van der Waals surface area contributed by atoms with Crippen molar-refractivity contribution in [2.45, 2.75) is 69.4 Å². The first-order chi connectivity index (χ1) is 20.2. The number of ether oxygens (including phenoxy) is 2. The van der Waals surface area contributed by atoms with Crippen LogP contribution in [0.2, 0.25) is 0 Å². The number of likely N-dealkylation sites (tertiary alicyclic amines) is 1. The molecule has 7 atom stereocenters. The second kappa shape index (κ2) is 12.7. The lowest BCUT2D eigenvalue weighted by Gasteiger charge is -2.39. The van der Waals surface area contributed by atoms with Gasteiger partial charge in [-0.2, -0.15) is 0 Å². The average molecular weight is 645 g/mol. The van der Waals surface area contributed by atoms with Crippen molar-refractivity contribution in [3.8, 4) is 0 Å². The van der Waals surface area contributed by atoms with Gasteiger partial charge < -0.3 is 29.7 Å².